The van der Waals surface area contributed by atoms with Crippen LogP contribution < -0.4 is 4.74 Å². The van der Waals surface area contributed by atoms with Gasteiger partial charge in [0.1, 0.15) is 0 Å². The molecule has 0 unspecified atom stereocenters. The first-order valence-electron chi connectivity index (χ1n) is 3.42. The number of rotatable bonds is 2. The molecule has 0 heterocycles. The second-order valence-corrected chi connectivity index (χ2v) is 3.46. The second-order valence-electron chi connectivity index (χ2n) is 2.13. The van der Waals surface area contributed by atoms with Gasteiger partial charge >= 0.3 is 0 Å². The molecule has 0 aliphatic heterocycles. The zero-order chi connectivity index (χ0) is 9.14. The number of halogens is 3. The molecule has 66 valence electrons. The molecule has 0 atom stereocenters. The Morgan fingerprint density at radius 1 is 1.58 bits per heavy atom. The molecule has 0 spiro atoms. The summed E-state index contributed by atoms with van der Waals surface area (Å²) in [7, 11) is 0. The van der Waals surface area contributed by atoms with Crippen LogP contribution in [0.2, 0.25) is 5.02 Å². The molecule has 0 fully saturated rings. The van der Waals surface area contributed by atoms with Gasteiger partial charge in [0.15, 0.2) is 11.6 Å². The average Bonchev–Trinajstić information content (AvgIpc) is 2.00. The lowest BCUT2D eigenvalue weighted by Gasteiger charge is -2.05. The van der Waals surface area contributed by atoms with Crippen LogP contribution in [0.15, 0.2) is 16.6 Å². The largest absolute Gasteiger partial charge is 0.491 e. The summed E-state index contributed by atoms with van der Waals surface area (Å²) >= 11 is 8.76. The highest BCUT2D eigenvalue weighted by Gasteiger charge is 2.08. The zero-order valence-corrected chi connectivity index (χ0v) is 8.75. The van der Waals surface area contributed by atoms with Gasteiger partial charge in [-0.25, -0.2) is 4.39 Å². The lowest BCUT2D eigenvalue weighted by atomic mass is 10.3. The molecule has 0 saturated heterocycles. The van der Waals surface area contributed by atoms with Gasteiger partial charge in [-0.1, -0.05) is 27.5 Å². The Morgan fingerprint density at radius 3 is 2.83 bits per heavy atom. The summed E-state index contributed by atoms with van der Waals surface area (Å²) in [5, 5.41) is 0.0628. The van der Waals surface area contributed by atoms with Crippen molar-refractivity contribution in [3.05, 3.63) is 27.4 Å². The van der Waals surface area contributed by atoms with E-state index in [2.05, 4.69) is 15.9 Å². The SMILES string of the molecule is CCOc1cc(Br)cc(Cl)c1F. The van der Waals surface area contributed by atoms with Crippen LogP contribution in [0, 0.1) is 5.82 Å². The van der Waals surface area contributed by atoms with Gasteiger partial charge in [-0.3, -0.25) is 0 Å². The van der Waals surface area contributed by atoms with E-state index in [4.69, 9.17) is 16.3 Å². The monoisotopic (exact) mass is 252 g/mol. The molecule has 1 nitrogen and oxygen atoms in total. The summed E-state index contributed by atoms with van der Waals surface area (Å²) in [5.41, 5.74) is 0. The summed E-state index contributed by atoms with van der Waals surface area (Å²) in [5.74, 6) is -0.335. The maximum absolute atomic E-state index is 13.1. The zero-order valence-electron chi connectivity index (χ0n) is 6.40. The first-order valence-corrected chi connectivity index (χ1v) is 4.59. The Kier molecular flexibility index (Phi) is 3.35. The Balaban J connectivity index is 3.09. The van der Waals surface area contributed by atoms with E-state index in [0.29, 0.717) is 11.1 Å². The molecule has 1 aromatic carbocycles. The second kappa shape index (κ2) is 4.10. The van der Waals surface area contributed by atoms with Gasteiger partial charge in [0.05, 0.1) is 11.6 Å². The van der Waals surface area contributed by atoms with E-state index in [1.165, 1.54) is 6.07 Å². The minimum absolute atomic E-state index is 0.0628. The van der Waals surface area contributed by atoms with Crippen molar-refractivity contribution < 1.29 is 9.13 Å². The highest BCUT2D eigenvalue weighted by atomic mass is 79.9. The third-order valence-corrected chi connectivity index (χ3v) is 1.99. The van der Waals surface area contributed by atoms with Crippen LogP contribution in [-0.4, -0.2) is 6.61 Å². The topological polar surface area (TPSA) is 9.23 Å². The predicted molar refractivity (Wildman–Crippen MR) is 50.3 cm³/mol. The molecule has 0 amide bonds. The summed E-state index contributed by atoms with van der Waals surface area (Å²) in [4.78, 5) is 0. The highest BCUT2D eigenvalue weighted by Crippen LogP contribution is 2.29. The molecule has 4 heteroatoms. The van der Waals surface area contributed by atoms with Crippen LogP contribution in [-0.2, 0) is 0 Å². The number of ether oxygens (including phenoxy) is 1. The molecule has 1 rings (SSSR count). The van der Waals surface area contributed by atoms with E-state index in [1.807, 2.05) is 0 Å². The lowest BCUT2D eigenvalue weighted by Crippen LogP contribution is -1.94. The van der Waals surface area contributed by atoms with Crippen LogP contribution in [0.5, 0.6) is 5.75 Å². The molecular formula is C8H7BrClFO. The molecule has 0 N–H and O–H groups in total. The lowest BCUT2D eigenvalue weighted by molar-refractivity contribution is 0.321. The number of benzene rings is 1. The van der Waals surface area contributed by atoms with Crippen LogP contribution in [0.4, 0.5) is 4.39 Å². The minimum Gasteiger partial charge on any atom is -0.491 e. The third kappa shape index (κ3) is 2.11. The van der Waals surface area contributed by atoms with Crippen LogP contribution in [0.25, 0.3) is 0 Å². The fourth-order valence-corrected chi connectivity index (χ4v) is 1.57. The Hall–Kier alpha value is -0.280. The fourth-order valence-electron chi connectivity index (χ4n) is 0.793. The fraction of sp³-hybridized carbons (Fsp3) is 0.250. The van der Waals surface area contributed by atoms with Crippen molar-refractivity contribution in [2.45, 2.75) is 6.92 Å². The molecule has 12 heavy (non-hydrogen) atoms. The molecule has 0 aliphatic carbocycles. The Bertz CT molecular complexity index is 291. The first-order chi connectivity index (χ1) is 5.65. The summed E-state index contributed by atoms with van der Waals surface area (Å²) in [6.45, 7) is 2.21. The van der Waals surface area contributed by atoms with E-state index in [0.717, 1.165) is 0 Å². The van der Waals surface area contributed by atoms with E-state index in [9.17, 15) is 4.39 Å². The highest BCUT2D eigenvalue weighted by molar-refractivity contribution is 9.10. The van der Waals surface area contributed by atoms with Crippen molar-refractivity contribution in [3.8, 4) is 5.75 Å². The van der Waals surface area contributed by atoms with Crippen molar-refractivity contribution in [2.75, 3.05) is 6.61 Å². The van der Waals surface area contributed by atoms with Gasteiger partial charge in [-0.15, -0.1) is 0 Å². The van der Waals surface area contributed by atoms with Gasteiger partial charge in [0.2, 0.25) is 0 Å². The molecule has 0 aliphatic rings. The van der Waals surface area contributed by atoms with E-state index in [1.54, 1.807) is 13.0 Å². The van der Waals surface area contributed by atoms with E-state index in [-0.39, 0.29) is 10.8 Å². The minimum atomic E-state index is -0.512. The molecule has 0 saturated carbocycles. The Morgan fingerprint density at radius 2 is 2.25 bits per heavy atom. The average molecular weight is 253 g/mol. The standard InChI is InChI=1S/C8H7BrClFO/c1-2-12-7-4-5(9)3-6(10)8(7)11/h3-4H,2H2,1H3. The maximum atomic E-state index is 13.1. The summed E-state index contributed by atoms with van der Waals surface area (Å²) in [6.07, 6.45) is 0. The molecular weight excluding hydrogens is 246 g/mol. The van der Waals surface area contributed by atoms with E-state index >= 15 is 0 Å². The van der Waals surface area contributed by atoms with Gasteiger partial charge in [0.25, 0.3) is 0 Å². The normalized spacial score (nSPS) is 10.0. The van der Waals surface area contributed by atoms with Gasteiger partial charge in [0, 0.05) is 4.47 Å². The van der Waals surface area contributed by atoms with Crippen LogP contribution in [0.3, 0.4) is 0 Å². The predicted octanol–water partition coefficient (Wildman–Crippen LogP) is 3.64. The molecule has 0 bridgehead atoms. The maximum Gasteiger partial charge on any atom is 0.183 e. The van der Waals surface area contributed by atoms with Crippen molar-refractivity contribution >= 4 is 27.5 Å². The smallest absolute Gasteiger partial charge is 0.183 e. The summed E-state index contributed by atoms with van der Waals surface area (Å²) < 4.78 is 18.8. The van der Waals surface area contributed by atoms with Crippen molar-refractivity contribution in [3.63, 3.8) is 0 Å². The van der Waals surface area contributed by atoms with Gasteiger partial charge < -0.3 is 4.74 Å². The van der Waals surface area contributed by atoms with E-state index < -0.39 is 5.82 Å². The number of hydrogen-bond acceptors (Lipinski definition) is 1. The van der Waals surface area contributed by atoms with Crippen molar-refractivity contribution in [2.24, 2.45) is 0 Å². The molecule has 0 radical (unpaired) electrons. The number of hydrogen-bond donors (Lipinski definition) is 0. The van der Waals surface area contributed by atoms with Crippen molar-refractivity contribution in [1.82, 2.24) is 0 Å². The quantitative estimate of drug-likeness (QED) is 0.731. The van der Waals surface area contributed by atoms with Crippen LogP contribution >= 0.6 is 27.5 Å². The van der Waals surface area contributed by atoms with Gasteiger partial charge in [-0.05, 0) is 19.1 Å². The summed E-state index contributed by atoms with van der Waals surface area (Å²) in [6, 6.07) is 3.03. The third-order valence-electron chi connectivity index (χ3n) is 1.26. The van der Waals surface area contributed by atoms with Crippen LogP contribution in [0.1, 0.15) is 6.92 Å². The molecule has 0 aromatic heterocycles. The Labute approximate surface area is 83.6 Å². The van der Waals surface area contributed by atoms with Crippen molar-refractivity contribution in [1.29, 1.82) is 0 Å². The first kappa shape index (κ1) is 9.81. The molecule has 1 aromatic rings. The van der Waals surface area contributed by atoms with Gasteiger partial charge in [-0.2, -0.15) is 0 Å².